The van der Waals surface area contributed by atoms with Gasteiger partial charge >= 0.3 is 0 Å². The Morgan fingerprint density at radius 1 is 1.38 bits per heavy atom. The monoisotopic (exact) mass is 229 g/mol. The molecular formula is C6H16ClN3O2S. The highest BCUT2D eigenvalue weighted by atomic mass is 35.5. The van der Waals surface area contributed by atoms with E-state index in [0.717, 1.165) is 12.7 Å². The number of nitrogens with zero attached hydrogens (tertiary/aromatic N) is 3. The largest absolute Gasteiger partial charge is 0.232 e. The van der Waals surface area contributed by atoms with E-state index in [-0.39, 0.29) is 12.4 Å². The van der Waals surface area contributed by atoms with Gasteiger partial charge in [0.05, 0.1) is 0 Å². The van der Waals surface area contributed by atoms with Gasteiger partial charge in [-0.25, -0.2) is 8.42 Å². The van der Waals surface area contributed by atoms with Crippen LogP contribution in [0.5, 0.6) is 0 Å². The first-order chi connectivity index (χ1) is 5.65. The second-order valence-corrected chi connectivity index (χ2v) is 2.98. The van der Waals surface area contributed by atoms with Crippen molar-refractivity contribution in [2.75, 3.05) is 12.8 Å². The highest BCUT2D eigenvalue weighted by Crippen LogP contribution is 1.92. The number of hydrogen-bond acceptors (Lipinski definition) is 3. The Kier molecular flexibility index (Phi) is 24.8. The first kappa shape index (κ1) is 18.4. The van der Waals surface area contributed by atoms with E-state index in [2.05, 4.69) is 16.9 Å². The second-order valence-electron chi connectivity index (χ2n) is 2.10. The molecule has 0 saturated carbocycles. The number of hydrogen-bond donors (Lipinski definition) is 1. The van der Waals surface area contributed by atoms with Crippen LogP contribution in [0, 0.1) is 0 Å². The minimum absolute atomic E-state index is 0. The zero-order chi connectivity index (χ0) is 9.82. The topological polar surface area (TPSA) is 82.9 Å². The molecule has 0 amide bonds. The summed E-state index contributed by atoms with van der Waals surface area (Å²) >= 11 is 0. The van der Waals surface area contributed by atoms with Gasteiger partial charge in [-0.05, 0) is 12.0 Å². The summed E-state index contributed by atoms with van der Waals surface area (Å²) in [4.78, 5) is 2.63. The van der Waals surface area contributed by atoms with Crippen LogP contribution < -0.4 is 0 Å². The molecule has 0 bridgehead atoms. The molecule has 0 aromatic rings. The van der Waals surface area contributed by atoms with Gasteiger partial charge in [-0.1, -0.05) is 24.9 Å². The van der Waals surface area contributed by atoms with Gasteiger partial charge in [0.2, 0.25) is 0 Å². The summed E-state index contributed by atoms with van der Waals surface area (Å²) in [6, 6.07) is 0. The van der Waals surface area contributed by atoms with Crippen LogP contribution in [0.25, 0.3) is 10.4 Å². The Morgan fingerprint density at radius 3 is 2.15 bits per heavy atom. The molecule has 13 heavy (non-hydrogen) atoms. The van der Waals surface area contributed by atoms with E-state index < -0.39 is 10.7 Å². The Hall–Kier alpha value is -0.450. The lowest BCUT2D eigenvalue weighted by Crippen LogP contribution is -1.76. The van der Waals surface area contributed by atoms with Crippen LogP contribution in [0.15, 0.2) is 5.11 Å². The summed E-state index contributed by atoms with van der Waals surface area (Å²) in [7, 11) is -2.12. The molecule has 0 unspecified atom stereocenters. The third-order valence-electron chi connectivity index (χ3n) is 0.925. The molecule has 0 aliphatic rings. The Bertz CT molecular complexity index is 194. The fourth-order valence-electron chi connectivity index (χ4n) is 0.477. The van der Waals surface area contributed by atoms with E-state index in [1.165, 1.54) is 12.8 Å². The van der Waals surface area contributed by atoms with Crippen molar-refractivity contribution in [2.45, 2.75) is 26.2 Å². The summed E-state index contributed by atoms with van der Waals surface area (Å²) in [5, 5.41) is 3.39. The van der Waals surface area contributed by atoms with Crippen LogP contribution in [0.3, 0.4) is 0 Å². The quantitative estimate of drug-likeness (QED) is 0.263. The van der Waals surface area contributed by atoms with Crippen molar-refractivity contribution in [3.63, 3.8) is 0 Å². The van der Waals surface area contributed by atoms with Crippen LogP contribution in [-0.4, -0.2) is 21.2 Å². The Labute approximate surface area is 86.5 Å². The van der Waals surface area contributed by atoms with Crippen molar-refractivity contribution in [1.29, 1.82) is 0 Å². The van der Waals surface area contributed by atoms with Crippen LogP contribution in [0.2, 0.25) is 0 Å². The zero-order valence-corrected chi connectivity index (χ0v) is 9.55. The third-order valence-corrected chi connectivity index (χ3v) is 0.925. The van der Waals surface area contributed by atoms with E-state index in [0.29, 0.717) is 6.54 Å². The van der Waals surface area contributed by atoms with Crippen molar-refractivity contribution >= 4 is 23.1 Å². The van der Waals surface area contributed by atoms with Crippen LogP contribution in [0.1, 0.15) is 26.2 Å². The first-order valence-electron chi connectivity index (χ1n) is 3.74. The molecule has 5 nitrogen and oxygen atoms in total. The van der Waals surface area contributed by atoms with E-state index in [9.17, 15) is 0 Å². The fraction of sp³-hybridized carbons (Fsp3) is 1.00. The van der Waals surface area contributed by atoms with Gasteiger partial charge in [0.15, 0.2) is 0 Å². The molecule has 0 aromatic carbocycles. The van der Waals surface area contributed by atoms with Crippen molar-refractivity contribution in [1.82, 2.24) is 0 Å². The Morgan fingerprint density at radius 2 is 1.85 bits per heavy atom. The van der Waals surface area contributed by atoms with Crippen LogP contribution in [0.4, 0.5) is 0 Å². The van der Waals surface area contributed by atoms with Gasteiger partial charge in [0.25, 0.3) is 0 Å². The maximum atomic E-state index is 9.04. The molecule has 0 atom stereocenters. The van der Waals surface area contributed by atoms with Crippen molar-refractivity contribution < 1.29 is 8.42 Å². The lowest BCUT2D eigenvalue weighted by atomic mass is 10.3. The lowest BCUT2D eigenvalue weighted by molar-refractivity contribution is 0.619. The van der Waals surface area contributed by atoms with Crippen molar-refractivity contribution in [2.24, 2.45) is 5.11 Å². The fourth-order valence-corrected chi connectivity index (χ4v) is 0.477. The number of unbranched alkanes of at least 4 members (excludes halogenated alkanes) is 2. The normalized spacial score (nSPS) is 7.62. The molecule has 0 N–H and O–H groups in total. The third kappa shape index (κ3) is 50.9. The molecule has 0 spiro atoms. The lowest BCUT2D eigenvalue weighted by Gasteiger charge is -1.86. The molecule has 0 aliphatic heterocycles. The average molecular weight is 230 g/mol. The van der Waals surface area contributed by atoms with E-state index in [4.69, 9.17) is 13.9 Å². The van der Waals surface area contributed by atoms with Gasteiger partial charge in [0.1, 0.15) is 10.7 Å². The van der Waals surface area contributed by atoms with E-state index in [1.807, 2.05) is 0 Å². The van der Waals surface area contributed by atoms with Crippen LogP contribution in [-0.2, 0) is 10.7 Å². The van der Waals surface area contributed by atoms with Gasteiger partial charge in [-0.15, -0.1) is 12.4 Å². The number of azide groups is 1. The molecule has 0 heterocycles. The Balaban J connectivity index is -0.000000173. The molecule has 80 valence electrons. The summed E-state index contributed by atoms with van der Waals surface area (Å²) < 4.78 is 18.1. The summed E-state index contributed by atoms with van der Waals surface area (Å²) in [6.07, 6.45) is 4.50. The maximum absolute atomic E-state index is 9.04. The molecule has 0 aromatic heterocycles. The first-order valence-corrected chi connectivity index (χ1v) is 5.36. The molecule has 0 saturated heterocycles. The second kappa shape index (κ2) is 17.6. The number of thiol groups is 1. The zero-order valence-electron chi connectivity index (χ0n) is 7.84. The maximum Gasteiger partial charge on any atom is 0.137 e. The SMILES string of the molecule is CCCCCN=[N+]=[N-].C[SH](=O)=O.Cl. The molecular weight excluding hydrogens is 214 g/mol. The minimum atomic E-state index is -2.12. The predicted molar refractivity (Wildman–Crippen MR) is 57.0 cm³/mol. The minimum Gasteiger partial charge on any atom is -0.232 e. The molecule has 7 heteroatoms. The van der Waals surface area contributed by atoms with Gasteiger partial charge < -0.3 is 0 Å². The van der Waals surface area contributed by atoms with Gasteiger partial charge in [-0.3, -0.25) is 0 Å². The highest BCUT2D eigenvalue weighted by molar-refractivity contribution is 7.71. The average Bonchev–Trinajstić information content (AvgIpc) is 1.97. The summed E-state index contributed by atoms with van der Waals surface area (Å²) in [6.45, 7) is 2.78. The summed E-state index contributed by atoms with van der Waals surface area (Å²) in [5.74, 6) is 0. The molecule has 0 aliphatic carbocycles. The van der Waals surface area contributed by atoms with E-state index in [1.54, 1.807) is 0 Å². The molecule has 0 radical (unpaired) electrons. The number of rotatable bonds is 4. The smallest absolute Gasteiger partial charge is 0.137 e. The van der Waals surface area contributed by atoms with Crippen molar-refractivity contribution in [3.8, 4) is 0 Å². The molecule has 0 fully saturated rings. The van der Waals surface area contributed by atoms with Crippen LogP contribution >= 0.6 is 12.4 Å². The van der Waals surface area contributed by atoms with Crippen molar-refractivity contribution in [3.05, 3.63) is 10.4 Å². The summed E-state index contributed by atoms with van der Waals surface area (Å²) in [5.41, 5.74) is 7.82. The number of halogens is 1. The van der Waals surface area contributed by atoms with Gasteiger partial charge in [0, 0.05) is 17.7 Å². The standard InChI is InChI=1S/C5H11N3.CH4O2S.ClH/c1-2-3-4-5-7-8-6;1-4(2)3;/h2-5H2,1H3;4H,1H3;1H. The van der Waals surface area contributed by atoms with Gasteiger partial charge in [-0.2, -0.15) is 0 Å². The van der Waals surface area contributed by atoms with E-state index >= 15 is 0 Å². The molecule has 0 rings (SSSR count). The highest BCUT2D eigenvalue weighted by Gasteiger charge is 1.79. The predicted octanol–water partition coefficient (Wildman–Crippen LogP) is 2.14.